The molecule has 2 aliphatic rings. The first kappa shape index (κ1) is 19.1. The zero-order valence-corrected chi connectivity index (χ0v) is 16.9. The van der Waals surface area contributed by atoms with Gasteiger partial charge in [-0.2, -0.15) is 0 Å². The van der Waals surface area contributed by atoms with Gasteiger partial charge in [-0.1, -0.05) is 42.5 Å². The molecule has 1 aromatic heterocycles. The number of benzene rings is 2. The Hall–Kier alpha value is -3.93. The maximum atomic E-state index is 14.9. The lowest BCUT2D eigenvalue weighted by atomic mass is 10.1. The van der Waals surface area contributed by atoms with E-state index in [0.29, 0.717) is 46.9 Å². The molecule has 0 radical (unpaired) electrons. The maximum absolute atomic E-state index is 14.9. The SMILES string of the molecule is Cc1cccc(-c2cn3c(=O)c(Cc4ccco4)nc-3c(Cc3ccccc3)[nH]2)c1F. The van der Waals surface area contributed by atoms with E-state index < -0.39 is 0 Å². The molecule has 5 rings (SSSR count). The third-order valence-electron chi connectivity index (χ3n) is 5.38. The van der Waals surface area contributed by atoms with Gasteiger partial charge in [0.15, 0.2) is 5.82 Å². The lowest BCUT2D eigenvalue weighted by molar-refractivity contribution is 0.519. The van der Waals surface area contributed by atoms with E-state index in [9.17, 15) is 9.18 Å². The average Bonchev–Trinajstić information content (AvgIpc) is 3.40. The molecule has 0 atom stereocenters. The second-order valence-electron chi connectivity index (χ2n) is 7.56. The van der Waals surface area contributed by atoms with Gasteiger partial charge < -0.3 is 9.40 Å². The largest absolute Gasteiger partial charge is 0.469 e. The van der Waals surface area contributed by atoms with Crippen LogP contribution >= 0.6 is 0 Å². The molecule has 31 heavy (non-hydrogen) atoms. The molecule has 0 unspecified atom stereocenters. The van der Waals surface area contributed by atoms with Crippen molar-refractivity contribution in [3.05, 3.63) is 118 Å². The molecule has 0 bridgehead atoms. The minimum absolute atomic E-state index is 0.232. The van der Waals surface area contributed by atoms with Crippen LogP contribution < -0.4 is 5.56 Å². The number of H-pyrrole nitrogens is 1. The van der Waals surface area contributed by atoms with Gasteiger partial charge in [-0.15, -0.1) is 0 Å². The zero-order chi connectivity index (χ0) is 21.4. The summed E-state index contributed by atoms with van der Waals surface area (Å²) < 4.78 is 21.8. The molecule has 6 heteroatoms. The van der Waals surface area contributed by atoms with Crippen molar-refractivity contribution in [3.8, 4) is 17.1 Å². The number of hydrogen-bond donors (Lipinski definition) is 1. The van der Waals surface area contributed by atoms with Crippen molar-refractivity contribution in [3.63, 3.8) is 0 Å². The number of hydrogen-bond acceptors (Lipinski definition) is 3. The van der Waals surface area contributed by atoms with Gasteiger partial charge in [0.1, 0.15) is 17.3 Å². The Morgan fingerprint density at radius 3 is 2.65 bits per heavy atom. The van der Waals surface area contributed by atoms with Crippen molar-refractivity contribution in [2.75, 3.05) is 0 Å². The normalized spacial score (nSPS) is 11.3. The minimum atomic E-state index is -0.313. The highest BCUT2D eigenvalue weighted by molar-refractivity contribution is 5.62. The molecule has 0 spiro atoms. The van der Waals surface area contributed by atoms with Gasteiger partial charge in [0.05, 0.1) is 24.1 Å². The molecule has 1 N–H and O–H groups in total. The van der Waals surface area contributed by atoms with Crippen LogP contribution in [0.4, 0.5) is 4.39 Å². The summed E-state index contributed by atoms with van der Waals surface area (Å²) in [5.74, 6) is 0.887. The van der Waals surface area contributed by atoms with Crippen LogP contribution in [-0.4, -0.2) is 14.5 Å². The number of imidazole rings is 1. The van der Waals surface area contributed by atoms with Crippen LogP contribution in [0.1, 0.15) is 28.3 Å². The predicted molar refractivity (Wildman–Crippen MR) is 116 cm³/mol. The summed E-state index contributed by atoms with van der Waals surface area (Å²) in [5.41, 5.74) is 3.44. The highest BCUT2D eigenvalue weighted by Gasteiger charge is 2.22. The van der Waals surface area contributed by atoms with Crippen molar-refractivity contribution in [2.45, 2.75) is 19.8 Å². The number of furan rings is 1. The number of aromatic nitrogens is 3. The van der Waals surface area contributed by atoms with E-state index in [1.807, 2.05) is 36.4 Å². The van der Waals surface area contributed by atoms with Gasteiger partial charge in [-0.05, 0) is 36.2 Å². The van der Waals surface area contributed by atoms with E-state index in [2.05, 4.69) is 9.97 Å². The summed E-state index contributed by atoms with van der Waals surface area (Å²) >= 11 is 0. The molecule has 0 saturated heterocycles. The van der Waals surface area contributed by atoms with E-state index in [1.165, 1.54) is 4.57 Å². The molecular weight excluding hydrogens is 393 g/mol. The highest BCUT2D eigenvalue weighted by atomic mass is 19.1. The lowest BCUT2D eigenvalue weighted by Crippen LogP contribution is -2.18. The van der Waals surface area contributed by atoms with Crippen LogP contribution in [0.2, 0.25) is 0 Å². The Bertz CT molecular complexity index is 1370. The first-order valence-corrected chi connectivity index (χ1v) is 10.0. The summed E-state index contributed by atoms with van der Waals surface area (Å²) in [5, 5.41) is 0. The van der Waals surface area contributed by atoms with Gasteiger partial charge in [0.25, 0.3) is 5.56 Å². The van der Waals surface area contributed by atoms with Gasteiger partial charge in [0.2, 0.25) is 0 Å². The lowest BCUT2D eigenvalue weighted by Gasteiger charge is -2.14. The minimum Gasteiger partial charge on any atom is -0.469 e. The van der Waals surface area contributed by atoms with Crippen LogP contribution in [0.5, 0.6) is 0 Å². The number of fused-ring (bicyclic) bond motifs is 1. The van der Waals surface area contributed by atoms with Crippen LogP contribution in [0.3, 0.4) is 0 Å². The van der Waals surface area contributed by atoms with Crippen LogP contribution in [-0.2, 0) is 12.8 Å². The number of nitrogens with one attached hydrogen (secondary N) is 1. The molecule has 2 aliphatic heterocycles. The molecule has 3 heterocycles. The average molecular weight is 413 g/mol. The molecule has 0 saturated carbocycles. The summed E-state index contributed by atoms with van der Waals surface area (Å²) in [6.07, 6.45) is 4.03. The van der Waals surface area contributed by atoms with Crippen LogP contribution in [0, 0.1) is 12.7 Å². The Balaban J connectivity index is 1.69. The van der Waals surface area contributed by atoms with Gasteiger partial charge in [-0.25, -0.2) is 9.37 Å². The van der Waals surface area contributed by atoms with Crippen molar-refractivity contribution in [1.29, 1.82) is 0 Å². The first-order chi connectivity index (χ1) is 15.1. The number of halogens is 1. The van der Waals surface area contributed by atoms with Crippen LogP contribution in [0.25, 0.3) is 17.1 Å². The second kappa shape index (κ2) is 7.72. The third-order valence-corrected chi connectivity index (χ3v) is 5.38. The molecular formula is C25H20FN3O2. The topological polar surface area (TPSA) is 63.8 Å². The van der Waals surface area contributed by atoms with Crippen molar-refractivity contribution in [2.24, 2.45) is 0 Å². The zero-order valence-electron chi connectivity index (χ0n) is 16.9. The second-order valence-corrected chi connectivity index (χ2v) is 7.56. The maximum Gasteiger partial charge on any atom is 0.278 e. The Kier molecular flexibility index (Phi) is 4.75. The monoisotopic (exact) mass is 413 g/mol. The fraction of sp³-hybridized carbons (Fsp3) is 0.120. The summed E-state index contributed by atoms with van der Waals surface area (Å²) in [6.45, 7) is 1.72. The molecule has 3 aromatic rings. The fourth-order valence-corrected chi connectivity index (χ4v) is 3.79. The first-order valence-electron chi connectivity index (χ1n) is 10.0. The molecule has 0 fully saturated rings. The van der Waals surface area contributed by atoms with Gasteiger partial charge >= 0.3 is 0 Å². The quantitative estimate of drug-likeness (QED) is 0.446. The third kappa shape index (κ3) is 3.57. The molecule has 0 aliphatic carbocycles. The summed E-state index contributed by atoms with van der Waals surface area (Å²) in [4.78, 5) is 21.1. The number of aromatic amines is 1. The van der Waals surface area contributed by atoms with Crippen LogP contribution in [0.15, 0.2) is 82.3 Å². The molecule has 154 valence electrons. The standard InChI is InChI=1S/C25H20FN3O2/c1-16-7-5-11-19(23(16)26)22-15-29-24(20(27-22)13-17-8-3-2-4-9-17)28-21(25(29)30)14-18-10-6-12-31-18/h2-12,15,27H,13-14H2,1H3. The van der Waals surface area contributed by atoms with Crippen molar-refractivity contribution < 1.29 is 8.81 Å². The fourth-order valence-electron chi connectivity index (χ4n) is 3.79. The van der Waals surface area contributed by atoms with E-state index in [1.54, 1.807) is 43.6 Å². The molecule has 0 amide bonds. The van der Waals surface area contributed by atoms with E-state index in [-0.39, 0.29) is 11.4 Å². The van der Waals surface area contributed by atoms with Gasteiger partial charge in [0, 0.05) is 18.2 Å². The molecule has 5 nitrogen and oxygen atoms in total. The molecule has 2 aromatic carbocycles. The van der Waals surface area contributed by atoms with E-state index in [4.69, 9.17) is 4.42 Å². The van der Waals surface area contributed by atoms with Crippen molar-refractivity contribution in [1.82, 2.24) is 14.5 Å². The van der Waals surface area contributed by atoms with E-state index in [0.717, 1.165) is 11.3 Å². The predicted octanol–water partition coefficient (Wildman–Crippen LogP) is 4.89. The number of nitrogens with zero attached hydrogens (tertiary/aromatic N) is 2. The van der Waals surface area contributed by atoms with E-state index >= 15 is 0 Å². The number of rotatable bonds is 5. The Morgan fingerprint density at radius 2 is 1.87 bits per heavy atom. The highest BCUT2D eigenvalue weighted by Crippen LogP contribution is 2.27. The summed E-state index contributed by atoms with van der Waals surface area (Å²) in [7, 11) is 0. The Morgan fingerprint density at radius 1 is 1.03 bits per heavy atom. The smallest absolute Gasteiger partial charge is 0.278 e. The van der Waals surface area contributed by atoms with Crippen molar-refractivity contribution >= 4 is 0 Å². The number of aryl methyl sites for hydroxylation is 1. The van der Waals surface area contributed by atoms with Gasteiger partial charge in [-0.3, -0.25) is 9.36 Å². The Labute approximate surface area is 178 Å². The summed E-state index contributed by atoms with van der Waals surface area (Å²) in [6, 6.07) is 18.7.